The molecule has 2 aromatic rings. The summed E-state index contributed by atoms with van der Waals surface area (Å²) in [6.07, 6.45) is -2.40. The van der Waals surface area contributed by atoms with E-state index in [4.69, 9.17) is 0 Å². The lowest BCUT2D eigenvalue weighted by Gasteiger charge is -2.27. The van der Waals surface area contributed by atoms with Crippen molar-refractivity contribution in [2.45, 2.75) is 37.7 Å². The predicted molar refractivity (Wildman–Crippen MR) is 81.2 cm³/mol. The lowest BCUT2D eigenvalue weighted by atomic mass is 9.97. The van der Waals surface area contributed by atoms with Crippen molar-refractivity contribution < 1.29 is 23.1 Å². The van der Waals surface area contributed by atoms with E-state index in [9.17, 15) is 23.1 Å². The first-order valence-corrected chi connectivity index (χ1v) is 7.82. The van der Waals surface area contributed by atoms with Crippen molar-refractivity contribution in [2.75, 3.05) is 6.54 Å². The number of carbonyl (C=O) groups excluding carboxylic acids is 1. The topological polar surface area (TPSA) is 71.2 Å². The van der Waals surface area contributed by atoms with Crippen molar-refractivity contribution in [3.63, 3.8) is 0 Å². The van der Waals surface area contributed by atoms with Crippen molar-refractivity contribution in [1.29, 1.82) is 0 Å². The minimum Gasteiger partial charge on any atom is -0.391 e. The van der Waals surface area contributed by atoms with Crippen LogP contribution in [0.15, 0.2) is 36.9 Å². The summed E-state index contributed by atoms with van der Waals surface area (Å²) in [5.41, 5.74) is -0.760. The van der Waals surface area contributed by atoms with Gasteiger partial charge in [0, 0.05) is 13.0 Å². The Balaban J connectivity index is 1.81. The Labute approximate surface area is 141 Å². The van der Waals surface area contributed by atoms with E-state index in [1.807, 2.05) is 0 Å². The number of aromatic nitrogens is 3. The summed E-state index contributed by atoms with van der Waals surface area (Å²) in [4.78, 5) is 17.6. The van der Waals surface area contributed by atoms with Crippen LogP contribution in [0.5, 0.6) is 0 Å². The van der Waals surface area contributed by atoms with Gasteiger partial charge in [0.05, 0.1) is 24.3 Å². The largest absolute Gasteiger partial charge is 0.416 e. The highest BCUT2D eigenvalue weighted by Crippen LogP contribution is 2.40. The Hall–Kier alpha value is -2.42. The number of β-amino-alcohol motifs (C(OH)–C–C–N with tert-alkyl or cyclic N) is 1. The van der Waals surface area contributed by atoms with E-state index in [-0.39, 0.29) is 37.4 Å². The Morgan fingerprint density at radius 1 is 1.32 bits per heavy atom. The van der Waals surface area contributed by atoms with Crippen LogP contribution < -0.4 is 0 Å². The van der Waals surface area contributed by atoms with Crippen LogP contribution in [0.25, 0.3) is 0 Å². The van der Waals surface area contributed by atoms with Gasteiger partial charge in [-0.1, -0.05) is 18.2 Å². The van der Waals surface area contributed by atoms with Crippen LogP contribution in [-0.2, 0) is 17.5 Å². The molecule has 3 rings (SSSR count). The molecule has 1 fully saturated rings. The predicted octanol–water partition coefficient (Wildman–Crippen LogP) is 2.02. The average Bonchev–Trinajstić information content (AvgIpc) is 3.21. The van der Waals surface area contributed by atoms with E-state index in [0.717, 1.165) is 6.07 Å². The first-order valence-electron chi connectivity index (χ1n) is 7.82. The highest BCUT2D eigenvalue weighted by atomic mass is 19.4. The summed E-state index contributed by atoms with van der Waals surface area (Å²) in [5.74, 6) is -0.325. The Morgan fingerprint density at radius 3 is 2.76 bits per heavy atom. The molecule has 0 aliphatic carbocycles. The zero-order valence-electron chi connectivity index (χ0n) is 13.2. The molecule has 6 nitrogen and oxygen atoms in total. The molecule has 1 aliphatic heterocycles. The minimum atomic E-state index is -4.51. The normalized spacial score (nSPS) is 20.9. The number of nitrogens with zero attached hydrogens (tertiary/aromatic N) is 4. The molecule has 1 aliphatic rings. The van der Waals surface area contributed by atoms with Crippen molar-refractivity contribution in [2.24, 2.45) is 0 Å². The number of amides is 1. The van der Waals surface area contributed by atoms with E-state index in [2.05, 4.69) is 10.1 Å². The van der Waals surface area contributed by atoms with Crippen molar-refractivity contribution >= 4 is 5.91 Å². The number of likely N-dealkylation sites (tertiary alicyclic amines) is 1. The summed E-state index contributed by atoms with van der Waals surface area (Å²) >= 11 is 0. The maximum absolute atomic E-state index is 13.3. The zero-order valence-corrected chi connectivity index (χ0v) is 13.2. The second-order valence-electron chi connectivity index (χ2n) is 5.94. The van der Waals surface area contributed by atoms with Gasteiger partial charge >= 0.3 is 6.18 Å². The Morgan fingerprint density at radius 2 is 2.08 bits per heavy atom. The van der Waals surface area contributed by atoms with Crippen LogP contribution in [0.2, 0.25) is 0 Å². The molecule has 1 aromatic heterocycles. The van der Waals surface area contributed by atoms with Crippen LogP contribution in [0.4, 0.5) is 13.2 Å². The third-order valence-corrected chi connectivity index (χ3v) is 4.25. The van der Waals surface area contributed by atoms with Crippen LogP contribution in [0.3, 0.4) is 0 Å². The molecule has 1 saturated heterocycles. The van der Waals surface area contributed by atoms with E-state index in [0.29, 0.717) is 0 Å². The van der Waals surface area contributed by atoms with Crippen LogP contribution in [0.1, 0.15) is 30.0 Å². The SMILES string of the molecule is O=C(CCn1cncn1)N1C[C@@H](O)C[C@H]1c1ccccc1C(F)(F)F. The Kier molecular flexibility index (Phi) is 4.76. The summed E-state index contributed by atoms with van der Waals surface area (Å²) < 4.78 is 41.3. The maximum atomic E-state index is 13.3. The van der Waals surface area contributed by atoms with Crippen molar-refractivity contribution in [3.8, 4) is 0 Å². The summed E-state index contributed by atoms with van der Waals surface area (Å²) in [6, 6.07) is 4.39. The number of hydrogen-bond donors (Lipinski definition) is 1. The highest BCUT2D eigenvalue weighted by molar-refractivity contribution is 5.77. The van der Waals surface area contributed by atoms with Gasteiger partial charge in [0.2, 0.25) is 5.91 Å². The van der Waals surface area contributed by atoms with Gasteiger partial charge in [0.1, 0.15) is 12.7 Å². The first kappa shape index (κ1) is 17.4. The van der Waals surface area contributed by atoms with Gasteiger partial charge in [-0.2, -0.15) is 18.3 Å². The van der Waals surface area contributed by atoms with Crippen LogP contribution >= 0.6 is 0 Å². The number of benzene rings is 1. The second kappa shape index (κ2) is 6.83. The van der Waals surface area contributed by atoms with E-state index in [1.54, 1.807) is 0 Å². The molecule has 0 radical (unpaired) electrons. The van der Waals surface area contributed by atoms with Crippen LogP contribution in [-0.4, -0.2) is 43.3 Å². The van der Waals surface area contributed by atoms with Gasteiger partial charge in [-0.3, -0.25) is 9.48 Å². The fourth-order valence-corrected chi connectivity index (χ4v) is 3.13. The van der Waals surface area contributed by atoms with E-state index >= 15 is 0 Å². The number of aliphatic hydroxyl groups is 1. The standard InChI is InChI=1S/C16H17F3N4O2/c17-16(18,19)13-4-2-1-3-12(13)14-7-11(24)8-23(14)15(25)5-6-22-10-20-9-21-22/h1-4,9-11,14,24H,5-8H2/t11-,14-/m0/s1. The second-order valence-corrected chi connectivity index (χ2v) is 5.94. The van der Waals surface area contributed by atoms with Gasteiger partial charge in [0.15, 0.2) is 0 Å². The van der Waals surface area contributed by atoms with Gasteiger partial charge in [-0.05, 0) is 18.1 Å². The number of alkyl halides is 3. The molecule has 9 heteroatoms. The third kappa shape index (κ3) is 3.81. The summed E-state index contributed by atoms with van der Waals surface area (Å²) in [7, 11) is 0. The van der Waals surface area contributed by atoms with Crippen molar-refractivity contribution in [1.82, 2.24) is 19.7 Å². The van der Waals surface area contributed by atoms with Gasteiger partial charge < -0.3 is 10.0 Å². The Bertz CT molecular complexity index is 733. The van der Waals surface area contributed by atoms with E-state index < -0.39 is 23.9 Å². The minimum absolute atomic E-state index is 0.0145. The molecular weight excluding hydrogens is 337 g/mol. The molecule has 1 amide bonds. The number of rotatable bonds is 4. The number of carbonyl (C=O) groups is 1. The number of hydrogen-bond acceptors (Lipinski definition) is 4. The van der Waals surface area contributed by atoms with Gasteiger partial charge in [0.25, 0.3) is 0 Å². The fourth-order valence-electron chi connectivity index (χ4n) is 3.13. The maximum Gasteiger partial charge on any atom is 0.416 e. The molecule has 134 valence electrons. The summed E-state index contributed by atoms with van der Waals surface area (Å²) in [5, 5.41) is 13.8. The molecule has 2 heterocycles. The highest BCUT2D eigenvalue weighted by Gasteiger charge is 2.41. The number of aryl methyl sites for hydroxylation is 1. The molecule has 0 bridgehead atoms. The van der Waals surface area contributed by atoms with Crippen molar-refractivity contribution in [3.05, 3.63) is 48.0 Å². The van der Waals surface area contributed by atoms with Gasteiger partial charge in [-0.15, -0.1) is 0 Å². The molecule has 0 spiro atoms. The number of aliphatic hydroxyl groups excluding tert-OH is 1. The smallest absolute Gasteiger partial charge is 0.391 e. The lowest BCUT2D eigenvalue weighted by molar-refractivity contribution is -0.140. The molecule has 1 N–H and O–H groups in total. The lowest BCUT2D eigenvalue weighted by Crippen LogP contribution is -2.33. The number of halogens is 3. The quantitative estimate of drug-likeness (QED) is 0.912. The third-order valence-electron chi connectivity index (χ3n) is 4.25. The van der Waals surface area contributed by atoms with Crippen LogP contribution in [0, 0.1) is 0 Å². The molecular formula is C16H17F3N4O2. The van der Waals surface area contributed by atoms with E-state index in [1.165, 1.54) is 40.4 Å². The molecule has 0 saturated carbocycles. The van der Waals surface area contributed by atoms with Gasteiger partial charge in [-0.25, -0.2) is 4.98 Å². The summed E-state index contributed by atoms with van der Waals surface area (Å²) in [6.45, 7) is 0.298. The molecule has 0 unspecified atom stereocenters. The molecule has 2 atom stereocenters. The average molecular weight is 354 g/mol. The zero-order chi connectivity index (χ0) is 18.0. The monoisotopic (exact) mass is 354 g/mol. The fraction of sp³-hybridized carbons (Fsp3) is 0.438. The molecule has 1 aromatic carbocycles. The first-order chi connectivity index (χ1) is 11.9. The molecule has 25 heavy (non-hydrogen) atoms.